The number of hydrogen-bond acceptors (Lipinski definition) is 7. The molecule has 3 aromatic rings. The Labute approximate surface area is 183 Å². The summed E-state index contributed by atoms with van der Waals surface area (Å²) in [4.78, 5) is 17.8. The molecule has 0 fully saturated rings. The third-order valence-corrected chi connectivity index (χ3v) is 7.07. The van der Waals surface area contributed by atoms with Crippen LogP contribution in [-0.4, -0.2) is 39.5 Å². The first kappa shape index (κ1) is 23.1. The highest BCUT2D eigenvalue weighted by Gasteiger charge is 2.32. The summed E-state index contributed by atoms with van der Waals surface area (Å²) in [6.07, 6.45) is 1.46. The zero-order chi connectivity index (χ0) is 22.9. The van der Waals surface area contributed by atoms with Gasteiger partial charge in [0, 0.05) is 12.6 Å². The molecule has 3 rings (SSSR count). The summed E-state index contributed by atoms with van der Waals surface area (Å²) in [6.45, 7) is 0. The van der Waals surface area contributed by atoms with Crippen LogP contribution in [0.1, 0.15) is 11.3 Å². The van der Waals surface area contributed by atoms with Crippen molar-refractivity contribution < 1.29 is 28.9 Å². The smallest absolute Gasteiger partial charge is 0.324 e. The van der Waals surface area contributed by atoms with E-state index in [1.165, 1.54) is 18.2 Å². The van der Waals surface area contributed by atoms with Gasteiger partial charge in [-0.25, -0.2) is 13.8 Å². The Morgan fingerprint density at radius 3 is 2.39 bits per heavy atom. The van der Waals surface area contributed by atoms with Crippen LogP contribution in [0.25, 0.3) is 11.1 Å². The largest absolute Gasteiger partial charge is 0.338 e. The standard InChI is InChI=1S/C20H19F2N3O4S2/c1-25(19-24-17(20(27,28)29)18(30-19)31(2)23)16(26)9-11-3-5-12(6-4-11)14-10-13(21)7-8-15(14)22/h3-8,10,23,27-29H,9H2,1-2H3. The molecular formula is C20H19F2N3O4S2. The van der Waals surface area contributed by atoms with Gasteiger partial charge in [0.15, 0.2) is 10.8 Å². The molecule has 0 saturated carbocycles. The van der Waals surface area contributed by atoms with Crippen LogP contribution in [0.3, 0.4) is 0 Å². The Morgan fingerprint density at radius 2 is 1.84 bits per heavy atom. The summed E-state index contributed by atoms with van der Waals surface area (Å²) in [7, 11) is 0.263. The molecule has 0 bridgehead atoms. The topological polar surface area (TPSA) is 118 Å². The van der Waals surface area contributed by atoms with Gasteiger partial charge in [-0.1, -0.05) is 46.3 Å². The van der Waals surface area contributed by atoms with Gasteiger partial charge in [-0.2, -0.15) is 0 Å². The van der Waals surface area contributed by atoms with Crippen molar-refractivity contribution in [2.45, 2.75) is 16.6 Å². The Hall–Kier alpha value is -2.57. The monoisotopic (exact) mass is 467 g/mol. The second kappa shape index (κ2) is 8.89. The minimum Gasteiger partial charge on any atom is -0.338 e. The average molecular weight is 468 g/mol. The first-order chi connectivity index (χ1) is 14.5. The zero-order valence-electron chi connectivity index (χ0n) is 16.5. The van der Waals surface area contributed by atoms with Gasteiger partial charge in [0.05, 0.1) is 6.42 Å². The highest BCUT2D eigenvalue weighted by Crippen LogP contribution is 2.33. The fraction of sp³-hybridized carbons (Fsp3) is 0.200. The van der Waals surface area contributed by atoms with E-state index in [1.807, 2.05) is 0 Å². The van der Waals surface area contributed by atoms with Crippen LogP contribution >= 0.6 is 11.3 Å². The van der Waals surface area contributed by atoms with Crippen molar-refractivity contribution >= 4 is 33.1 Å². The number of amides is 1. The molecular weight excluding hydrogens is 448 g/mol. The van der Waals surface area contributed by atoms with E-state index in [0.29, 0.717) is 11.1 Å². The van der Waals surface area contributed by atoms with E-state index < -0.39 is 34.0 Å². The van der Waals surface area contributed by atoms with Gasteiger partial charge in [-0.05, 0) is 35.6 Å². The molecule has 1 atom stereocenters. The predicted molar refractivity (Wildman–Crippen MR) is 114 cm³/mol. The van der Waals surface area contributed by atoms with Gasteiger partial charge < -0.3 is 15.3 Å². The third kappa shape index (κ3) is 5.20. The van der Waals surface area contributed by atoms with Gasteiger partial charge >= 0.3 is 5.97 Å². The van der Waals surface area contributed by atoms with Crippen molar-refractivity contribution in [1.82, 2.24) is 4.98 Å². The van der Waals surface area contributed by atoms with E-state index in [9.17, 15) is 28.9 Å². The Bertz CT molecular complexity index is 1140. The number of carbonyl (C=O) groups excluding carboxylic acids is 1. The normalized spacial score (nSPS) is 12.6. The highest BCUT2D eigenvalue weighted by atomic mass is 32.2. The molecule has 2 aromatic carbocycles. The molecule has 7 nitrogen and oxygen atoms in total. The van der Waals surface area contributed by atoms with Gasteiger partial charge in [0.25, 0.3) is 0 Å². The summed E-state index contributed by atoms with van der Waals surface area (Å²) in [5.41, 5.74) is 0.718. The fourth-order valence-electron chi connectivity index (χ4n) is 2.78. The Kier molecular flexibility index (Phi) is 6.62. The molecule has 31 heavy (non-hydrogen) atoms. The van der Waals surface area contributed by atoms with Crippen molar-refractivity contribution in [2.24, 2.45) is 0 Å². The number of carbonyl (C=O) groups is 1. The summed E-state index contributed by atoms with van der Waals surface area (Å²) < 4.78 is 35.3. The minimum absolute atomic E-state index is 0.0338. The highest BCUT2D eigenvalue weighted by molar-refractivity contribution is 7.87. The second-order valence-electron chi connectivity index (χ2n) is 6.73. The van der Waals surface area contributed by atoms with E-state index in [1.54, 1.807) is 24.3 Å². The van der Waals surface area contributed by atoms with Crippen LogP contribution in [0.15, 0.2) is 46.7 Å². The number of rotatable bonds is 6. The van der Waals surface area contributed by atoms with Crippen molar-refractivity contribution in [3.05, 3.63) is 65.4 Å². The van der Waals surface area contributed by atoms with Crippen LogP contribution in [0.2, 0.25) is 0 Å². The first-order valence-corrected chi connectivity index (χ1v) is 11.3. The number of aliphatic hydroxyl groups is 3. The van der Waals surface area contributed by atoms with Gasteiger partial charge in [0.1, 0.15) is 15.8 Å². The van der Waals surface area contributed by atoms with E-state index in [0.717, 1.165) is 29.5 Å². The van der Waals surface area contributed by atoms with Gasteiger partial charge in [0.2, 0.25) is 5.91 Å². The lowest BCUT2D eigenvalue weighted by molar-refractivity contribution is -0.327. The molecule has 11 heteroatoms. The molecule has 0 radical (unpaired) electrons. The summed E-state index contributed by atoms with van der Waals surface area (Å²) in [5.74, 6) is -4.70. The third-order valence-electron chi connectivity index (χ3n) is 4.39. The number of likely N-dealkylation sites (N-methyl/N-ethyl adjacent to an activating group) is 1. The van der Waals surface area contributed by atoms with Gasteiger partial charge in [-0.15, -0.1) is 0 Å². The van der Waals surface area contributed by atoms with E-state index in [2.05, 4.69) is 4.98 Å². The number of nitrogens with one attached hydrogen (secondary N) is 1. The summed E-state index contributed by atoms with van der Waals surface area (Å²) in [5, 5.41) is 28.5. The zero-order valence-corrected chi connectivity index (χ0v) is 18.1. The average Bonchev–Trinajstić information content (AvgIpc) is 3.16. The predicted octanol–water partition coefficient (Wildman–Crippen LogP) is 2.75. The molecule has 0 aliphatic heterocycles. The van der Waals surface area contributed by atoms with Crippen molar-refractivity contribution in [3.63, 3.8) is 0 Å². The molecule has 0 saturated heterocycles. The molecule has 0 aliphatic carbocycles. The van der Waals surface area contributed by atoms with Crippen LogP contribution in [0, 0.1) is 16.4 Å². The molecule has 0 aliphatic rings. The molecule has 164 valence electrons. The maximum atomic E-state index is 13.9. The molecule has 0 spiro atoms. The quantitative estimate of drug-likeness (QED) is 0.416. The SMILES string of the molecule is CN(C(=O)Cc1ccc(-c2cc(F)ccc2F)cc1)c1nc(C(O)(O)O)c(S(C)=N)s1. The lowest BCUT2D eigenvalue weighted by Crippen LogP contribution is -2.29. The molecule has 4 N–H and O–H groups in total. The Morgan fingerprint density at radius 1 is 1.19 bits per heavy atom. The number of halogens is 2. The van der Waals surface area contributed by atoms with Gasteiger partial charge in [-0.3, -0.25) is 14.5 Å². The number of aromatic nitrogens is 1. The summed E-state index contributed by atoms with van der Waals surface area (Å²) in [6, 6.07) is 9.59. The number of benzene rings is 2. The van der Waals surface area contributed by atoms with Crippen LogP contribution in [-0.2, 0) is 27.9 Å². The maximum Gasteiger partial charge on any atom is 0.324 e. The maximum absolute atomic E-state index is 13.9. The lowest BCUT2D eigenvalue weighted by atomic mass is 10.0. The number of anilines is 1. The van der Waals surface area contributed by atoms with E-state index in [4.69, 9.17) is 4.78 Å². The number of hydrogen-bond donors (Lipinski definition) is 4. The lowest BCUT2D eigenvalue weighted by Gasteiger charge is -2.15. The summed E-state index contributed by atoms with van der Waals surface area (Å²) >= 11 is 0.906. The van der Waals surface area contributed by atoms with Crippen molar-refractivity contribution in [3.8, 4) is 11.1 Å². The fourth-order valence-corrected chi connectivity index (χ4v) is 4.80. The first-order valence-electron chi connectivity index (χ1n) is 8.84. The van der Waals surface area contributed by atoms with Crippen molar-refractivity contribution in [1.29, 1.82) is 4.78 Å². The number of thiazole rings is 1. The van der Waals surface area contributed by atoms with Crippen LogP contribution in [0.4, 0.5) is 13.9 Å². The molecule has 1 heterocycles. The van der Waals surface area contributed by atoms with Crippen LogP contribution in [0.5, 0.6) is 0 Å². The molecule has 1 aromatic heterocycles. The second-order valence-corrected chi connectivity index (χ2v) is 9.39. The Balaban J connectivity index is 1.79. The number of nitrogens with zero attached hydrogens (tertiary/aromatic N) is 2. The van der Waals surface area contributed by atoms with E-state index >= 15 is 0 Å². The molecule has 1 amide bonds. The van der Waals surface area contributed by atoms with E-state index in [-0.39, 0.29) is 27.2 Å². The minimum atomic E-state index is -3.21. The van der Waals surface area contributed by atoms with Crippen LogP contribution < -0.4 is 4.90 Å². The van der Waals surface area contributed by atoms with Crippen molar-refractivity contribution in [2.75, 3.05) is 18.2 Å². The molecule has 1 unspecified atom stereocenters.